The number of ether oxygens (including phenoxy) is 1. The third-order valence-corrected chi connectivity index (χ3v) is 11.4. The highest BCUT2D eigenvalue weighted by Gasteiger charge is 2.38. The summed E-state index contributed by atoms with van der Waals surface area (Å²) in [7, 11) is 1.47. The second kappa shape index (κ2) is 16.2. The van der Waals surface area contributed by atoms with Crippen LogP contribution in [0.15, 0.2) is 42.5 Å². The average Bonchev–Trinajstić information content (AvgIpc) is 4.09. The highest BCUT2D eigenvalue weighted by molar-refractivity contribution is 6.07. The molecule has 4 aromatic heterocycles. The van der Waals surface area contributed by atoms with Crippen LogP contribution < -0.4 is 37.9 Å². The Morgan fingerprint density at radius 3 is 2.07 bits per heavy atom. The number of carbonyl (C=O) groups is 4. The smallest absolute Gasteiger partial charge is 0.278 e. The third kappa shape index (κ3) is 7.54. The zero-order valence-corrected chi connectivity index (χ0v) is 34.7. The Morgan fingerprint density at radius 1 is 0.852 bits per heavy atom. The van der Waals surface area contributed by atoms with Crippen molar-refractivity contribution in [3.05, 3.63) is 81.9 Å². The van der Waals surface area contributed by atoms with Crippen LogP contribution in [-0.2, 0) is 32.7 Å². The minimum atomic E-state index is -0.670. The van der Waals surface area contributed by atoms with Gasteiger partial charge in [0.2, 0.25) is 23.7 Å². The molecule has 2 aliphatic heterocycles. The number of hydrogen-bond donors (Lipinski definition) is 6. The summed E-state index contributed by atoms with van der Waals surface area (Å²) in [5.74, 6) is -1.43. The summed E-state index contributed by atoms with van der Waals surface area (Å²) in [6, 6.07) is 8.99. The molecule has 2 bridgehead atoms. The van der Waals surface area contributed by atoms with Crippen molar-refractivity contribution in [3.63, 3.8) is 0 Å². The Labute approximate surface area is 350 Å². The van der Waals surface area contributed by atoms with Gasteiger partial charge in [0.1, 0.15) is 22.7 Å². The van der Waals surface area contributed by atoms with Crippen molar-refractivity contribution in [3.8, 4) is 5.75 Å². The monoisotopic (exact) mass is 831 g/mol. The van der Waals surface area contributed by atoms with E-state index in [2.05, 4.69) is 31.0 Å². The molecule has 6 aromatic rings. The van der Waals surface area contributed by atoms with Crippen molar-refractivity contribution < 1.29 is 23.9 Å². The predicted octanol–water partition coefficient (Wildman–Crippen LogP) is 2.53. The van der Waals surface area contributed by atoms with Gasteiger partial charge in [-0.3, -0.25) is 44.1 Å². The number of likely N-dealkylation sites (tertiary alicyclic amines) is 1. The molecule has 9 N–H and O–H groups in total. The van der Waals surface area contributed by atoms with Crippen LogP contribution >= 0.6 is 0 Å². The lowest BCUT2D eigenvalue weighted by molar-refractivity contribution is 0.0991. The Bertz CT molecular complexity index is 2770. The van der Waals surface area contributed by atoms with Crippen LogP contribution in [0, 0.1) is 13.8 Å². The molecule has 61 heavy (non-hydrogen) atoms. The summed E-state index contributed by atoms with van der Waals surface area (Å²) in [4.78, 5) is 64.5. The molecule has 0 radical (unpaired) electrons. The number of methoxy groups -OCH3 is 1. The molecule has 2 fully saturated rings. The molecule has 2 atom stereocenters. The number of imidazole rings is 2. The molecule has 318 valence electrons. The first-order chi connectivity index (χ1) is 29.3. The van der Waals surface area contributed by atoms with Gasteiger partial charge in [0.05, 0.1) is 40.7 Å². The number of benzene rings is 2. The molecule has 0 unspecified atom stereocenters. The summed E-state index contributed by atoms with van der Waals surface area (Å²) in [5.41, 5.74) is 23.2. The second-order valence-corrected chi connectivity index (χ2v) is 15.3. The number of aromatic nitrogens is 8. The topological polar surface area (TPSA) is 266 Å². The number of nitrogens with zero attached hydrogens (tertiary/aromatic N) is 9. The molecule has 2 aliphatic rings. The summed E-state index contributed by atoms with van der Waals surface area (Å²) < 4.78 is 12.5. The maximum Gasteiger partial charge on any atom is 0.278 e. The zero-order valence-electron chi connectivity index (χ0n) is 34.7. The van der Waals surface area contributed by atoms with Crippen LogP contribution in [0.3, 0.4) is 0 Å². The van der Waals surface area contributed by atoms with Gasteiger partial charge in [-0.1, -0.05) is 12.2 Å². The van der Waals surface area contributed by atoms with Crippen LogP contribution in [0.25, 0.3) is 22.1 Å². The summed E-state index contributed by atoms with van der Waals surface area (Å²) >= 11 is 0. The standard InChI is InChI=1S/C41H49N15O5/c1-6-55-30(12-21(3)50-55)38(59)48-40-46-28-14-23(36(43)57)13-25(19-52-20-26-17-27(52)18-45-26)33(28)53(40)10-8-9-11-54-34-29(15-24(37(44)58)16-31(34)61-5)47-41(54)49-39(60)35-32(42)22(4)51-56(35)7-2/h8-9,12-16,26-27,45H,6-7,10-11,17-20,42H2,1-5H3,(H2,43,57)(H2,44,58)(H,46,48,59)(H,47,49,60)/b9-8+/t26-,27-/m1/s1. The van der Waals surface area contributed by atoms with Gasteiger partial charge in [0.25, 0.3) is 11.8 Å². The van der Waals surface area contributed by atoms with Gasteiger partial charge in [-0.25, -0.2) is 9.97 Å². The van der Waals surface area contributed by atoms with Crippen molar-refractivity contribution >= 4 is 63.3 Å². The van der Waals surface area contributed by atoms with Crippen molar-refractivity contribution in [2.24, 2.45) is 11.5 Å². The fourth-order valence-electron chi connectivity index (χ4n) is 8.47. The van der Waals surface area contributed by atoms with Crippen LogP contribution in [0.1, 0.15) is 78.9 Å². The van der Waals surface area contributed by atoms with E-state index in [4.69, 9.17) is 31.9 Å². The molecule has 20 heteroatoms. The van der Waals surface area contributed by atoms with Gasteiger partial charge in [0.15, 0.2) is 0 Å². The van der Waals surface area contributed by atoms with E-state index < -0.39 is 23.6 Å². The summed E-state index contributed by atoms with van der Waals surface area (Å²) in [5, 5.41) is 18.3. The number of nitrogen functional groups attached to an aromatic ring is 1. The fraction of sp³-hybridized carbons (Fsp3) is 0.366. The number of rotatable bonds is 15. The highest BCUT2D eigenvalue weighted by Crippen LogP contribution is 2.33. The third-order valence-electron chi connectivity index (χ3n) is 11.4. The van der Waals surface area contributed by atoms with Crippen LogP contribution in [0.2, 0.25) is 0 Å². The number of aryl methyl sites for hydroxylation is 4. The maximum absolute atomic E-state index is 13.9. The maximum atomic E-state index is 13.9. The molecule has 2 saturated heterocycles. The molecule has 2 aromatic carbocycles. The molecule has 4 amide bonds. The predicted molar refractivity (Wildman–Crippen MR) is 228 cm³/mol. The Balaban J connectivity index is 1.19. The van der Waals surface area contributed by atoms with E-state index in [1.54, 1.807) is 28.3 Å². The lowest BCUT2D eigenvalue weighted by Gasteiger charge is -2.27. The van der Waals surface area contributed by atoms with E-state index in [-0.39, 0.29) is 41.9 Å². The number of fused-ring (bicyclic) bond motifs is 4. The molecule has 6 heterocycles. The number of primary amides is 2. The molecule has 0 saturated carbocycles. The number of allylic oxidation sites excluding steroid dienone is 2. The summed E-state index contributed by atoms with van der Waals surface area (Å²) in [6.07, 6.45) is 4.82. The molecule has 20 nitrogen and oxygen atoms in total. The zero-order chi connectivity index (χ0) is 43.3. The van der Waals surface area contributed by atoms with Crippen molar-refractivity contribution in [2.75, 3.05) is 36.6 Å². The minimum Gasteiger partial charge on any atom is -0.494 e. The normalized spacial score (nSPS) is 16.3. The van der Waals surface area contributed by atoms with Crippen molar-refractivity contribution in [2.45, 2.75) is 78.9 Å². The first-order valence-corrected chi connectivity index (χ1v) is 20.1. The van der Waals surface area contributed by atoms with Gasteiger partial charge < -0.3 is 36.4 Å². The van der Waals surface area contributed by atoms with Gasteiger partial charge >= 0.3 is 0 Å². The number of hydrogen-bond acceptors (Lipinski definition) is 12. The average molecular weight is 832 g/mol. The van der Waals surface area contributed by atoms with E-state index in [0.717, 1.165) is 30.6 Å². The van der Waals surface area contributed by atoms with Gasteiger partial charge in [-0.15, -0.1) is 0 Å². The van der Waals surface area contributed by atoms with Crippen LogP contribution in [0.4, 0.5) is 17.6 Å². The fourth-order valence-corrected chi connectivity index (χ4v) is 8.47. The minimum absolute atomic E-state index is 0.157. The van der Waals surface area contributed by atoms with E-state index >= 15 is 0 Å². The highest BCUT2D eigenvalue weighted by atomic mass is 16.5. The number of nitrogens with one attached hydrogen (secondary N) is 3. The van der Waals surface area contributed by atoms with Crippen molar-refractivity contribution in [1.82, 2.24) is 48.9 Å². The number of nitrogens with two attached hydrogens (primary N) is 3. The first kappa shape index (κ1) is 40.7. The molecular weight excluding hydrogens is 783 g/mol. The van der Waals surface area contributed by atoms with Gasteiger partial charge in [-0.2, -0.15) is 10.2 Å². The van der Waals surface area contributed by atoms with E-state index in [9.17, 15) is 19.2 Å². The quantitative estimate of drug-likeness (QED) is 0.0816. The van der Waals surface area contributed by atoms with Crippen molar-refractivity contribution in [1.29, 1.82) is 0 Å². The lowest BCUT2D eigenvalue weighted by atomic mass is 10.1. The molecule has 8 rings (SSSR count). The number of carbonyl (C=O) groups excluding carboxylic acids is 4. The van der Waals surface area contributed by atoms with Gasteiger partial charge in [-0.05, 0) is 70.0 Å². The number of piperazine rings is 1. The number of amides is 4. The van der Waals surface area contributed by atoms with E-state index in [1.165, 1.54) is 23.9 Å². The largest absolute Gasteiger partial charge is 0.494 e. The number of anilines is 3. The Hall–Kier alpha value is -7.06. The van der Waals surface area contributed by atoms with E-state index in [0.29, 0.717) is 76.7 Å². The molecule has 0 aliphatic carbocycles. The Kier molecular flexibility index (Phi) is 10.8. The summed E-state index contributed by atoms with van der Waals surface area (Å²) in [6.45, 7) is 10.9. The SMILES string of the molecule is CCn1nc(C)cc1C(=O)Nc1nc2cc(C(N)=O)cc(CN3C[C@H]4C[C@@H]3CN4)c2n1C/C=C/Cn1c(NC(=O)c2c(N)c(C)nn2CC)nc2cc(C(N)=O)cc(OC)c21. The van der Waals surface area contributed by atoms with E-state index in [1.807, 2.05) is 43.6 Å². The van der Waals surface area contributed by atoms with Crippen LogP contribution in [0.5, 0.6) is 5.75 Å². The van der Waals surface area contributed by atoms with Crippen LogP contribution in [-0.4, -0.2) is 99.5 Å². The second-order valence-electron chi connectivity index (χ2n) is 15.3. The van der Waals surface area contributed by atoms with Gasteiger partial charge in [0, 0.05) is 69.0 Å². The molecule has 0 spiro atoms. The first-order valence-electron chi connectivity index (χ1n) is 20.1. The Morgan fingerprint density at radius 2 is 1.48 bits per heavy atom. The lowest BCUT2D eigenvalue weighted by Crippen LogP contribution is -2.43. The molecular formula is C41H49N15O5.